The zero-order chi connectivity index (χ0) is 21.7. The molecular weight excluding hydrogens is 403 g/mol. The van der Waals surface area contributed by atoms with Crippen molar-refractivity contribution in [1.29, 1.82) is 0 Å². The smallest absolute Gasteiger partial charge is 0.178 e. The summed E-state index contributed by atoms with van der Waals surface area (Å²) in [4.78, 5) is 16.6. The van der Waals surface area contributed by atoms with Crippen molar-refractivity contribution >= 4 is 22.1 Å². The molecule has 0 radical (unpaired) electrons. The number of halogens is 1. The van der Waals surface area contributed by atoms with Gasteiger partial charge in [0.15, 0.2) is 11.5 Å². The highest BCUT2D eigenvalue weighted by molar-refractivity contribution is 5.97. The van der Waals surface area contributed by atoms with Crippen LogP contribution < -0.4 is 0 Å². The van der Waals surface area contributed by atoms with Crippen LogP contribution in [0.15, 0.2) is 73.2 Å². The summed E-state index contributed by atoms with van der Waals surface area (Å²) in [5.74, 6) is 0.278. The third-order valence-electron chi connectivity index (χ3n) is 5.69. The molecule has 0 aliphatic heterocycles. The Hall–Kier alpha value is -4.39. The van der Waals surface area contributed by atoms with Crippen LogP contribution in [0.4, 0.5) is 4.39 Å². The first-order chi connectivity index (χ1) is 15.7. The Kier molecular flexibility index (Phi) is 4.07. The number of nitrogens with zero attached hydrogens (tertiary/aromatic N) is 4. The Bertz CT molecular complexity index is 1610. The molecule has 0 aliphatic carbocycles. The Labute approximate surface area is 182 Å². The minimum Gasteiger partial charge on any atom is -0.335 e. The van der Waals surface area contributed by atoms with Crippen LogP contribution >= 0.6 is 0 Å². The topological polar surface area (TPSA) is 83.1 Å². The second kappa shape index (κ2) is 7.09. The van der Waals surface area contributed by atoms with Gasteiger partial charge in [-0.15, -0.1) is 0 Å². The third kappa shape index (κ3) is 2.86. The molecule has 32 heavy (non-hydrogen) atoms. The number of rotatable bonds is 3. The number of nitrogens with one attached hydrogen (secondary N) is 2. The average molecular weight is 420 g/mol. The number of fused-ring (bicyclic) bond motifs is 2. The fraction of sp³-hybridized carbons (Fsp3) is 0.0400. The van der Waals surface area contributed by atoms with Crippen LogP contribution in [0, 0.1) is 12.7 Å². The summed E-state index contributed by atoms with van der Waals surface area (Å²) < 4.78 is 14.5. The van der Waals surface area contributed by atoms with Gasteiger partial charge in [-0.05, 0) is 48.4 Å². The number of aryl methyl sites for hydroxylation is 1. The summed E-state index contributed by atoms with van der Waals surface area (Å²) in [5, 5.41) is 8.50. The van der Waals surface area contributed by atoms with Gasteiger partial charge in [0.2, 0.25) is 0 Å². The third-order valence-corrected chi connectivity index (χ3v) is 5.69. The van der Waals surface area contributed by atoms with Gasteiger partial charge in [-0.25, -0.2) is 14.4 Å². The van der Waals surface area contributed by atoms with E-state index in [4.69, 9.17) is 0 Å². The van der Waals surface area contributed by atoms with E-state index in [1.54, 1.807) is 30.6 Å². The summed E-state index contributed by atoms with van der Waals surface area (Å²) in [6, 6.07) is 16.6. The maximum Gasteiger partial charge on any atom is 0.178 e. The summed E-state index contributed by atoms with van der Waals surface area (Å²) in [5.41, 5.74) is 7.22. The first-order valence-electron chi connectivity index (χ1n) is 10.2. The molecule has 6 nitrogen and oxygen atoms in total. The average Bonchev–Trinajstić information content (AvgIpc) is 3.43. The molecule has 6 aromatic rings. The van der Waals surface area contributed by atoms with Crippen molar-refractivity contribution in [3.63, 3.8) is 0 Å². The summed E-state index contributed by atoms with van der Waals surface area (Å²) >= 11 is 0. The van der Waals surface area contributed by atoms with Crippen molar-refractivity contribution in [1.82, 2.24) is 30.1 Å². The minimum absolute atomic E-state index is 0.294. The predicted octanol–water partition coefficient (Wildman–Crippen LogP) is 5.68. The number of pyridine rings is 2. The van der Waals surface area contributed by atoms with Gasteiger partial charge >= 0.3 is 0 Å². The summed E-state index contributed by atoms with van der Waals surface area (Å²) in [6.45, 7) is 2.06. The van der Waals surface area contributed by atoms with Gasteiger partial charge in [0.1, 0.15) is 11.5 Å². The monoisotopic (exact) mass is 420 g/mol. The van der Waals surface area contributed by atoms with Crippen molar-refractivity contribution < 1.29 is 4.39 Å². The Morgan fingerprint density at radius 1 is 0.906 bits per heavy atom. The predicted molar refractivity (Wildman–Crippen MR) is 122 cm³/mol. The van der Waals surface area contributed by atoms with Crippen molar-refractivity contribution in [2.75, 3.05) is 0 Å². The summed E-state index contributed by atoms with van der Waals surface area (Å²) in [7, 11) is 0. The van der Waals surface area contributed by atoms with E-state index >= 15 is 0 Å². The molecule has 0 unspecified atom stereocenters. The largest absolute Gasteiger partial charge is 0.335 e. The zero-order valence-corrected chi connectivity index (χ0v) is 17.1. The second-order valence-electron chi connectivity index (χ2n) is 7.65. The van der Waals surface area contributed by atoms with Gasteiger partial charge in [0, 0.05) is 40.7 Å². The second-order valence-corrected chi connectivity index (χ2v) is 7.65. The molecule has 0 saturated heterocycles. The standard InChI is InChI=1S/C25H17FN6/c1-14-8-10-27-13-19(14)15-6-7-21-18(12-15)23(32-31-21)25-29-22-17(9-11-28-24(22)30-25)16-4-2-3-5-20(16)26/h2-13H,1H3,(H,31,32)(H,28,29,30). The first kappa shape index (κ1) is 18.4. The molecule has 4 aromatic heterocycles. The molecule has 0 fully saturated rings. The van der Waals surface area contributed by atoms with E-state index in [0.29, 0.717) is 33.8 Å². The number of benzene rings is 2. The van der Waals surface area contributed by atoms with E-state index in [2.05, 4.69) is 43.1 Å². The minimum atomic E-state index is -0.294. The maximum atomic E-state index is 14.5. The SMILES string of the molecule is Cc1ccncc1-c1ccc2[nH]nc(-c3nc4nccc(-c5ccccc5F)c4[nH]3)c2c1. The van der Waals surface area contributed by atoms with Crippen LogP contribution in [-0.4, -0.2) is 30.1 Å². The highest BCUT2D eigenvalue weighted by Crippen LogP contribution is 2.33. The van der Waals surface area contributed by atoms with Crippen LogP contribution in [0.1, 0.15) is 5.56 Å². The number of hydrogen-bond acceptors (Lipinski definition) is 4. The maximum absolute atomic E-state index is 14.5. The van der Waals surface area contributed by atoms with E-state index in [0.717, 1.165) is 27.6 Å². The molecule has 6 rings (SSSR count). The van der Waals surface area contributed by atoms with Gasteiger partial charge in [-0.1, -0.05) is 24.3 Å². The van der Waals surface area contributed by atoms with Crippen LogP contribution in [0.2, 0.25) is 0 Å². The molecule has 0 bridgehead atoms. The highest BCUT2D eigenvalue weighted by Gasteiger charge is 2.17. The van der Waals surface area contributed by atoms with E-state index in [1.807, 2.05) is 30.5 Å². The van der Waals surface area contributed by atoms with Crippen molar-refractivity contribution in [3.8, 4) is 33.8 Å². The fourth-order valence-electron chi connectivity index (χ4n) is 4.06. The van der Waals surface area contributed by atoms with Crippen molar-refractivity contribution in [2.24, 2.45) is 0 Å². The number of aromatic amines is 2. The van der Waals surface area contributed by atoms with Crippen molar-refractivity contribution in [3.05, 3.63) is 84.6 Å². The number of aromatic nitrogens is 6. The quantitative estimate of drug-likeness (QED) is 0.386. The molecule has 0 saturated carbocycles. The molecule has 0 spiro atoms. The molecule has 7 heteroatoms. The van der Waals surface area contributed by atoms with Crippen LogP contribution in [-0.2, 0) is 0 Å². The molecule has 4 heterocycles. The lowest BCUT2D eigenvalue weighted by Gasteiger charge is -2.05. The van der Waals surface area contributed by atoms with E-state index in [-0.39, 0.29) is 5.82 Å². The molecule has 2 N–H and O–H groups in total. The molecule has 2 aromatic carbocycles. The lowest BCUT2D eigenvalue weighted by molar-refractivity contribution is 0.631. The highest BCUT2D eigenvalue weighted by atomic mass is 19.1. The Morgan fingerprint density at radius 2 is 1.81 bits per heavy atom. The summed E-state index contributed by atoms with van der Waals surface area (Å²) in [6.07, 6.45) is 5.29. The Morgan fingerprint density at radius 3 is 2.69 bits per heavy atom. The van der Waals surface area contributed by atoms with Crippen LogP contribution in [0.5, 0.6) is 0 Å². The zero-order valence-electron chi connectivity index (χ0n) is 17.1. The molecule has 0 aliphatic rings. The normalized spacial score (nSPS) is 11.4. The van der Waals surface area contributed by atoms with Crippen LogP contribution in [0.3, 0.4) is 0 Å². The van der Waals surface area contributed by atoms with E-state index in [9.17, 15) is 4.39 Å². The van der Waals surface area contributed by atoms with E-state index < -0.39 is 0 Å². The van der Waals surface area contributed by atoms with Crippen molar-refractivity contribution in [2.45, 2.75) is 6.92 Å². The lowest BCUT2D eigenvalue weighted by Crippen LogP contribution is -1.87. The van der Waals surface area contributed by atoms with Gasteiger partial charge < -0.3 is 4.98 Å². The molecule has 0 amide bonds. The molecular formula is C25H17FN6. The number of hydrogen-bond donors (Lipinski definition) is 2. The number of imidazole rings is 1. The fourth-order valence-corrected chi connectivity index (χ4v) is 4.06. The van der Waals surface area contributed by atoms with Gasteiger partial charge in [-0.3, -0.25) is 10.1 Å². The molecule has 154 valence electrons. The van der Waals surface area contributed by atoms with Gasteiger partial charge in [0.05, 0.1) is 11.0 Å². The van der Waals surface area contributed by atoms with Gasteiger partial charge in [0.25, 0.3) is 0 Å². The van der Waals surface area contributed by atoms with Crippen LogP contribution in [0.25, 0.3) is 55.8 Å². The molecule has 0 atom stereocenters. The Balaban J connectivity index is 1.53. The van der Waals surface area contributed by atoms with E-state index in [1.165, 1.54) is 6.07 Å². The van der Waals surface area contributed by atoms with Gasteiger partial charge in [-0.2, -0.15) is 5.10 Å². The lowest BCUT2D eigenvalue weighted by atomic mass is 10.0. The first-order valence-corrected chi connectivity index (χ1v) is 10.2. The number of H-pyrrole nitrogens is 2.